The van der Waals surface area contributed by atoms with E-state index in [0.29, 0.717) is 0 Å². The van der Waals surface area contributed by atoms with E-state index in [4.69, 9.17) is 4.74 Å². The van der Waals surface area contributed by atoms with Gasteiger partial charge in [0, 0.05) is 10.0 Å². The first kappa shape index (κ1) is 14.1. The van der Waals surface area contributed by atoms with Crippen molar-refractivity contribution in [3.8, 4) is 5.75 Å². The fourth-order valence-electron chi connectivity index (χ4n) is 1.94. The predicted octanol–water partition coefficient (Wildman–Crippen LogP) is 4.64. The minimum absolute atomic E-state index is 0.0557. The van der Waals surface area contributed by atoms with Crippen molar-refractivity contribution in [2.45, 2.75) is 26.1 Å². The molecular formula is C16H17BrO2. The van der Waals surface area contributed by atoms with Crippen LogP contribution in [0.3, 0.4) is 0 Å². The highest BCUT2D eigenvalue weighted by molar-refractivity contribution is 9.10. The lowest BCUT2D eigenvalue weighted by Gasteiger charge is -2.19. The summed E-state index contributed by atoms with van der Waals surface area (Å²) in [4.78, 5) is 0. The zero-order chi connectivity index (χ0) is 13.8. The molecule has 0 amide bonds. The lowest BCUT2D eigenvalue weighted by molar-refractivity contribution is 0.179. The monoisotopic (exact) mass is 320 g/mol. The van der Waals surface area contributed by atoms with Crippen molar-refractivity contribution in [1.82, 2.24) is 0 Å². The summed E-state index contributed by atoms with van der Waals surface area (Å²) in [5, 5.41) is 9.81. The number of benzene rings is 2. The number of aliphatic hydroxyl groups is 1. The van der Waals surface area contributed by atoms with Crippen molar-refractivity contribution < 1.29 is 9.84 Å². The van der Waals surface area contributed by atoms with Gasteiger partial charge in [0.1, 0.15) is 11.9 Å². The van der Waals surface area contributed by atoms with Gasteiger partial charge in [-0.1, -0.05) is 46.3 Å². The zero-order valence-electron chi connectivity index (χ0n) is 11.0. The van der Waals surface area contributed by atoms with Gasteiger partial charge < -0.3 is 9.84 Å². The van der Waals surface area contributed by atoms with Crippen molar-refractivity contribution in [2.75, 3.05) is 0 Å². The largest absolute Gasteiger partial charge is 0.486 e. The van der Waals surface area contributed by atoms with Crippen LogP contribution in [0.4, 0.5) is 0 Å². The highest BCUT2D eigenvalue weighted by Gasteiger charge is 2.13. The summed E-state index contributed by atoms with van der Waals surface area (Å²) in [6.07, 6.45) is -0.615. The van der Waals surface area contributed by atoms with Gasteiger partial charge in [0.15, 0.2) is 0 Å². The van der Waals surface area contributed by atoms with Crippen molar-refractivity contribution in [3.63, 3.8) is 0 Å². The van der Waals surface area contributed by atoms with Crippen LogP contribution in [-0.4, -0.2) is 5.11 Å². The fourth-order valence-corrected chi connectivity index (χ4v) is 2.31. The third kappa shape index (κ3) is 3.58. The summed E-state index contributed by atoms with van der Waals surface area (Å²) in [6.45, 7) is 3.74. The van der Waals surface area contributed by atoms with Crippen molar-refractivity contribution in [3.05, 3.63) is 64.1 Å². The Balaban J connectivity index is 2.24. The van der Waals surface area contributed by atoms with E-state index in [1.54, 1.807) is 6.92 Å². The molecule has 0 aliphatic carbocycles. The number of ether oxygens (including phenoxy) is 1. The summed E-state index contributed by atoms with van der Waals surface area (Å²) in [6, 6.07) is 15.7. The molecule has 2 unspecified atom stereocenters. The summed E-state index contributed by atoms with van der Waals surface area (Å²) >= 11 is 3.41. The van der Waals surface area contributed by atoms with Crippen molar-refractivity contribution in [1.29, 1.82) is 0 Å². The number of hydrogen-bond acceptors (Lipinski definition) is 2. The van der Waals surface area contributed by atoms with Crippen LogP contribution in [0.25, 0.3) is 0 Å². The molecule has 2 aromatic carbocycles. The topological polar surface area (TPSA) is 29.5 Å². The molecule has 3 heteroatoms. The third-order valence-electron chi connectivity index (χ3n) is 2.99. The van der Waals surface area contributed by atoms with Crippen LogP contribution in [0.1, 0.15) is 37.2 Å². The molecule has 2 nitrogen and oxygen atoms in total. The smallest absolute Gasteiger partial charge is 0.126 e. The Morgan fingerprint density at radius 3 is 2.37 bits per heavy atom. The summed E-state index contributed by atoms with van der Waals surface area (Å²) < 4.78 is 6.90. The van der Waals surface area contributed by atoms with Gasteiger partial charge in [-0.25, -0.2) is 0 Å². The first-order valence-electron chi connectivity index (χ1n) is 6.27. The second-order valence-corrected chi connectivity index (χ2v) is 5.44. The van der Waals surface area contributed by atoms with E-state index in [0.717, 1.165) is 21.3 Å². The molecule has 0 bridgehead atoms. The molecule has 2 aromatic rings. The van der Waals surface area contributed by atoms with Crippen LogP contribution >= 0.6 is 15.9 Å². The summed E-state index contributed by atoms with van der Waals surface area (Å²) in [5.41, 5.74) is 1.90. The molecule has 0 aliphatic rings. The van der Waals surface area contributed by atoms with Gasteiger partial charge in [0.05, 0.1) is 6.10 Å². The van der Waals surface area contributed by atoms with Gasteiger partial charge in [-0.3, -0.25) is 0 Å². The summed E-state index contributed by atoms with van der Waals surface area (Å²) in [5.74, 6) is 0.717. The molecule has 1 N–H and O–H groups in total. The fraction of sp³-hybridized carbons (Fsp3) is 0.250. The third-order valence-corrected chi connectivity index (χ3v) is 3.49. The SMILES string of the molecule is CC(O)c1cc(Br)ccc1OC(C)c1ccccc1. The van der Waals surface area contributed by atoms with E-state index in [1.807, 2.05) is 55.5 Å². The molecule has 0 saturated heterocycles. The predicted molar refractivity (Wildman–Crippen MR) is 80.3 cm³/mol. The number of hydrogen-bond donors (Lipinski definition) is 1. The lowest BCUT2D eigenvalue weighted by Crippen LogP contribution is -2.06. The molecule has 0 saturated carbocycles. The molecule has 19 heavy (non-hydrogen) atoms. The van der Waals surface area contributed by atoms with Gasteiger partial charge in [-0.05, 0) is 37.6 Å². The number of aliphatic hydroxyl groups excluding tert-OH is 1. The van der Waals surface area contributed by atoms with Gasteiger partial charge >= 0.3 is 0 Å². The number of halogens is 1. The Morgan fingerprint density at radius 2 is 1.74 bits per heavy atom. The zero-order valence-corrected chi connectivity index (χ0v) is 12.6. The second-order valence-electron chi connectivity index (χ2n) is 4.53. The molecular weight excluding hydrogens is 304 g/mol. The van der Waals surface area contributed by atoms with E-state index < -0.39 is 6.10 Å². The van der Waals surface area contributed by atoms with Crippen LogP contribution in [0.5, 0.6) is 5.75 Å². The molecule has 2 rings (SSSR count). The normalized spacial score (nSPS) is 13.9. The molecule has 0 aliphatic heterocycles. The van der Waals surface area contributed by atoms with Gasteiger partial charge in [0.25, 0.3) is 0 Å². The molecule has 100 valence electrons. The first-order chi connectivity index (χ1) is 9.08. The van der Waals surface area contributed by atoms with Crippen molar-refractivity contribution >= 4 is 15.9 Å². The van der Waals surface area contributed by atoms with Crippen LogP contribution in [0.15, 0.2) is 53.0 Å². The van der Waals surface area contributed by atoms with Crippen LogP contribution in [0, 0.1) is 0 Å². The van der Waals surface area contributed by atoms with Crippen molar-refractivity contribution in [2.24, 2.45) is 0 Å². The van der Waals surface area contributed by atoms with Crippen LogP contribution in [-0.2, 0) is 0 Å². The Hall–Kier alpha value is -1.32. The van der Waals surface area contributed by atoms with E-state index >= 15 is 0 Å². The second kappa shape index (κ2) is 6.22. The van der Waals surface area contributed by atoms with E-state index in [1.165, 1.54) is 0 Å². The Bertz CT molecular complexity index is 538. The quantitative estimate of drug-likeness (QED) is 0.889. The lowest BCUT2D eigenvalue weighted by atomic mass is 10.1. The highest BCUT2D eigenvalue weighted by atomic mass is 79.9. The number of rotatable bonds is 4. The van der Waals surface area contributed by atoms with Crippen LogP contribution in [0.2, 0.25) is 0 Å². The van der Waals surface area contributed by atoms with Gasteiger partial charge in [-0.15, -0.1) is 0 Å². The maximum Gasteiger partial charge on any atom is 0.126 e. The van der Waals surface area contributed by atoms with Gasteiger partial charge in [-0.2, -0.15) is 0 Å². The average molecular weight is 321 g/mol. The minimum Gasteiger partial charge on any atom is -0.486 e. The first-order valence-corrected chi connectivity index (χ1v) is 7.06. The Kier molecular flexibility index (Phi) is 4.61. The molecule has 2 atom stereocenters. The standard InChI is InChI=1S/C16H17BrO2/c1-11(18)15-10-14(17)8-9-16(15)19-12(2)13-6-4-3-5-7-13/h3-12,18H,1-2H3. The average Bonchev–Trinajstić information content (AvgIpc) is 2.41. The molecule has 0 spiro atoms. The molecule has 0 fully saturated rings. The molecule has 0 heterocycles. The highest BCUT2D eigenvalue weighted by Crippen LogP contribution is 2.31. The maximum absolute atomic E-state index is 9.81. The van der Waals surface area contributed by atoms with E-state index in [2.05, 4.69) is 15.9 Å². The molecule has 0 aromatic heterocycles. The molecule has 0 radical (unpaired) electrons. The minimum atomic E-state index is -0.560. The van der Waals surface area contributed by atoms with E-state index in [9.17, 15) is 5.11 Å². The Morgan fingerprint density at radius 1 is 1.05 bits per heavy atom. The summed E-state index contributed by atoms with van der Waals surface area (Å²) in [7, 11) is 0. The van der Waals surface area contributed by atoms with Gasteiger partial charge in [0.2, 0.25) is 0 Å². The van der Waals surface area contributed by atoms with E-state index in [-0.39, 0.29) is 6.10 Å². The maximum atomic E-state index is 9.81. The Labute approximate surface area is 122 Å². The van der Waals surface area contributed by atoms with Crippen LogP contribution < -0.4 is 4.74 Å².